The molecule has 0 atom stereocenters. The molecule has 0 saturated carbocycles. The molecular formula is C20H21NO7S. The van der Waals surface area contributed by atoms with Gasteiger partial charge < -0.3 is 14.8 Å². The third kappa shape index (κ3) is 7.38. The molecule has 0 saturated heterocycles. The zero-order valence-electron chi connectivity index (χ0n) is 16.0. The van der Waals surface area contributed by atoms with Crippen molar-refractivity contribution in [2.45, 2.75) is 12.7 Å². The zero-order chi connectivity index (χ0) is 21.4. The summed E-state index contributed by atoms with van der Waals surface area (Å²) >= 11 is 0. The van der Waals surface area contributed by atoms with Crippen LogP contribution < -0.4 is 5.32 Å². The lowest BCUT2D eigenvalue weighted by Crippen LogP contribution is -2.21. The quantitative estimate of drug-likeness (QED) is 0.652. The Hall–Kier alpha value is -3.20. The fourth-order valence-electron chi connectivity index (χ4n) is 2.36. The van der Waals surface area contributed by atoms with Crippen LogP contribution in [0.25, 0.3) is 0 Å². The average molecular weight is 419 g/mol. The topological polar surface area (TPSA) is 116 Å². The molecule has 1 N–H and O–H groups in total. The van der Waals surface area contributed by atoms with Gasteiger partial charge in [0.2, 0.25) is 0 Å². The average Bonchev–Trinajstić information content (AvgIpc) is 2.66. The molecule has 2 aromatic rings. The van der Waals surface area contributed by atoms with Gasteiger partial charge in [0, 0.05) is 11.9 Å². The minimum atomic E-state index is -3.17. The van der Waals surface area contributed by atoms with E-state index in [0.29, 0.717) is 16.8 Å². The first-order valence-corrected chi connectivity index (χ1v) is 10.7. The van der Waals surface area contributed by atoms with Gasteiger partial charge in [-0.1, -0.05) is 12.1 Å². The molecule has 9 heteroatoms. The molecule has 2 rings (SSSR count). The predicted octanol–water partition coefficient (Wildman–Crippen LogP) is 2.20. The minimum Gasteiger partial charge on any atom is -0.462 e. The lowest BCUT2D eigenvalue weighted by molar-refractivity contribution is -0.119. The summed E-state index contributed by atoms with van der Waals surface area (Å²) in [5.74, 6) is -1.83. The van der Waals surface area contributed by atoms with E-state index in [1.54, 1.807) is 6.92 Å². The van der Waals surface area contributed by atoms with E-state index in [4.69, 9.17) is 9.47 Å². The number of hydrogen-bond acceptors (Lipinski definition) is 7. The fraction of sp³-hybridized carbons (Fsp3) is 0.250. The normalized spacial score (nSPS) is 10.8. The van der Waals surface area contributed by atoms with Crippen molar-refractivity contribution in [3.8, 4) is 0 Å². The first-order chi connectivity index (χ1) is 13.7. The predicted molar refractivity (Wildman–Crippen MR) is 106 cm³/mol. The Kier molecular flexibility index (Phi) is 7.49. The van der Waals surface area contributed by atoms with Gasteiger partial charge in [0.25, 0.3) is 5.91 Å². The minimum absolute atomic E-state index is 0.125. The van der Waals surface area contributed by atoms with Gasteiger partial charge in [-0.3, -0.25) is 4.79 Å². The van der Waals surface area contributed by atoms with E-state index in [2.05, 4.69) is 5.32 Å². The van der Waals surface area contributed by atoms with Crippen molar-refractivity contribution in [2.24, 2.45) is 0 Å². The molecule has 29 heavy (non-hydrogen) atoms. The maximum Gasteiger partial charge on any atom is 0.338 e. The molecule has 0 heterocycles. The molecule has 0 radical (unpaired) electrons. The van der Waals surface area contributed by atoms with Crippen molar-refractivity contribution < 1.29 is 32.3 Å². The van der Waals surface area contributed by atoms with Crippen LogP contribution in [0.3, 0.4) is 0 Å². The number of sulfone groups is 1. The van der Waals surface area contributed by atoms with Gasteiger partial charge in [-0.25, -0.2) is 18.0 Å². The number of amides is 1. The molecular weight excluding hydrogens is 398 g/mol. The number of hydrogen-bond donors (Lipinski definition) is 1. The van der Waals surface area contributed by atoms with Crippen LogP contribution in [0.2, 0.25) is 0 Å². The monoisotopic (exact) mass is 419 g/mol. The first-order valence-electron chi connectivity index (χ1n) is 8.69. The SMILES string of the molecule is CCOC(=O)c1ccc(NC(=O)COC(=O)c2ccc(CS(C)(=O)=O)cc2)cc1. The maximum atomic E-state index is 12.0. The van der Waals surface area contributed by atoms with Crippen molar-refractivity contribution in [3.05, 3.63) is 65.2 Å². The Morgan fingerprint density at radius 1 is 0.862 bits per heavy atom. The Balaban J connectivity index is 1.85. The number of carbonyl (C=O) groups is 3. The van der Waals surface area contributed by atoms with Gasteiger partial charge in [0.1, 0.15) is 0 Å². The van der Waals surface area contributed by atoms with Crippen LogP contribution in [0.15, 0.2) is 48.5 Å². The molecule has 2 aromatic carbocycles. The summed E-state index contributed by atoms with van der Waals surface area (Å²) in [5, 5.41) is 2.55. The highest BCUT2D eigenvalue weighted by molar-refractivity contribution is 7.89. The van der Waals surface area contributed by atoms with Gasteiger partial charge in [-0.2, -0.15) is 0 Å². The van der Waals surface area contributed by atoms with E-state index in [1.807, 2.05) is 0 Å². The molecule has 0 aliphatic heterocycles. The Labute approximate surface area is 168 Å². The van der Waals surface area contributed by atoms with Crippen molar-refractivity contribution in [1.29, 1.82) is 0 Å². The maximum absolute atomic E-state index is 12.0. The van der Waals surface area contributed by atoms with Gasteiger partial charge in [0.05, 0.1) is 23.5 Å². The Bertz CT molecular complexity index is 980. The number of anilines is 1. The summed E-state index contributed by atoms with van der Waals surface area (Å²) in [6.07, 6.45) is 1.12. The molecule has 0 aliphatic rings. The third-order valence-corrected chi connectivity index (χ3v) is 4.49. The second-order valence-corrected chi connectivity index (χ2v) is 8.33. The summed E-state index contributed by atoms with van der Waals surface area (Å²) in [6.45, 7) is 1.48. The van der Waals surface area contributed by atoms with E-state index < -0.39 is 34.3 Å². The number of carbonyl (C=O) groups excluding carboxylic acids is 3. The first kappa shape index (κ1) is 22.1. The number of benzene rings is 2. The number of rotatable bonds is 8. The van der Waals surface area contributed by atoms with E-state index in [-0.39, 0.29) is 17.9 Å². The highest BCUT2D eigenvalue weighted by Crippen LogP contribution is 2.12. The number of nitrogens with one attached hydrogen (secondary N) is 1. The lowest BCUT2D eigenvalue weighted by Gasteiger charge is -2.08. The molecule has 0 bridgehead atoms. The standard InChI is InChI=1S/C20H21NO7S/c1-3-27-19(23)16-8-10-17(11-9-16)21-18(22)12-28-20(24)15-6-4-14(5-7-15)13-29(2,25)26/h4-11H,3,12-13H2,1-2H3,(H,21,22). The van der Waals surface area contributed by atoms with Gasteiger partial charge >= 0.3 is 11.9 Å². The molecule has 8 nitrogen and oxygen atoms in total. The van der Waals surface area contributed by atoms with Gasteiger partial charge in [0.15, 0.2) is 16.4 Å². The van der Waals surface area contributed by atoms with Crippen LogP contribution in [-0.2, 0) is 29.9 Å². The summed E-state index contributed by atoms with van der Waals surface area (Å²) in [4.78, 5) is 35.5. The van der Waals surface area contributed by atoms with Crippen molar-refractivity contribution in [3.63, 3.8) is 0 Å². The van der Waals surface area contributed by atoms with Crippen molar-refractivity contribution in [2.75, 3.05) is 24.8 Å². The molecule has 0 spiro atoms. The van der Waals surface area contributed by atoms with Crippen molar-refractivity contribution >= 4 is 33.4 Å². The summed E-state index contributed by atoms with van der Waals surface area (Å²) in [7, 11) is -3.17. The van der Waals surface area contributed by atoms with Gasteiger partial charge in [-0.05, 0) is 48.9 Å². The molecule has 0 unspecified atom stereocenters. The molecule has 0 aromatic heterocycles. The third-order valence-electron chi connectivity index (χ3n) is 3.63. The van der Waals surface area contributed by atoms with Crippen LogP contribution in [0.1, 0.15) is 33.2 Å². The van der Waals surface area contributed by atoms with E-state index in [9.17, 15) is 22.8 Å². The molecule has 1 amide bonds. The second-order valence-electron chi connectivity index (χ2n) is 6.19. The van der Waals surface area contributed by atoms with Crippen molar-refractivity contribution in [1.82, 2.24) is 0 Å². The Morgan fingerprint density at radius 3 is 1.90 bits per heavy atom. The fourth-order valence-corrected chi connectivity index (χ4v) is 3.15. The van der Waals surface area contributed by atoms with Crippen LogP contribution in [0.4, 0.5) is 5.69 Å². The van der Waals surface area contributed by atoms with Crippen LogP contribution in [0, 0.1) is 0 Å². The van der Waals surface area contributed by atoms with E-state index in [1.165, 1.54) is 48.5 Å². The van der Waals surface area contributed by atoms with Gasteiger partial charge in [-0.15, -0.1) is 0 Å². The Morgan fingerprint density at radius 2 is 1.38 bits per heavy atom. The van der Waals surface area contributed by atoms with E-state index >= 15 is 0 Å². The number of ether oxygens (including phenoxy) is 2. The summed E-state index contributed by atoms with van der Waals surface area (Å²) in [6, 6.07) is 12.0. The van der Waals surface area contributed by atoms with Crippen LogP contribution in [-0.4, -0.2) is 45.7 Å². The number of esters is 2. The summed E-state index contributed by atoms with van der Waals surface area (Å²) < 4.78 is 32.4. The highest BCUT2D eigenvalue weighted by atomic mass is 32.2. The highest BCUT2D eigenvalue weighted by Gasteiger charge is 2.12. The second kappa shape index (κ2) is 9.83. The van der Waals surface area contributed by atoms with Crippen LogP contribution >= 0.6 is 0 Å². The summed E-state index contributed by atoms with van der Waals surface area (Å²) in [5.41, 5.74) is 1.54. The molecule has 0 aliphatic carbocycles. The van der Waals surface area contributed by atoms with E-state index in [0.717, 1.165) is 6.26 Å². The molecule has 0 fully saturated rings. The smallest absolute Gasteiger partial charge is 0.338 e. The lowest BCUT2D eigenvalue weighted by atomic mass is 10.1. The zero-order valence-corrected chi connectivity index (χ0v) is 16.8. The van der Waals surface area contributed by atoms with Crippen LogP contribution in [0.5, 0.6) is 0 Å². The largest absolute Gasteiger partial charge is 0.462 e. The molecule has 154 valence electrons.